The zero-order valence-corrected chi connectivity index (χ0v) is 14.2. The van der Waals surface area contributed by atoms with E-state index in [1.807, 2.05) is 60.7 Å². The van der Waals surface area contributed by atoms with Crippen LogP contribution in [0.4, 0.5) is 5.69 Å². The maximum Gasteiger partial charge on any atom is 0.381 e. The van der Waals surface area contributed by atoms with Crippen molar-refractivity contribution in [2.45, 2.75) is 13.8 Å². The SMILES string of the molecule is CCOP(=O)(OCC)/C(=N\Nc1ccccc1)c1ccccc1. The van der Waals surface area contributed by atoms with Crippen LogP contribution in [0.3, 0.4) is 0 Å². The van der Waals surface area contributed by atoms with E-state index in [9.17, 15) is 4.57 Å². The Morgan fingerprint density at radius 3 is 2.00 bits per heavy atom. The zero-order valence-electron chi connectivity index (χ0n) is 13.3. The predicted molar refractivity (Wildman–Crippen MR) is 93.9 cm³/mol. The van der Waals surface area contributed by atoms with Crippen molar-refractivity contribution in [1.82, 2.24) is 0 Å². The molecular formula is C17H21N2O3P. The lowest BCUT2D eigenvalue weighted by atomic mass is 10.2. The Balaban J connectivity index is 2.41. The van der Waals surface area contributed by atoms with Crippen LogP contribution in [-0.2, 0) is 13.6 Å². The first kappa shape index (κ1) is 17.4. The second kappa shape index (κ2) is 8.63. The number of hydrogen-bond donors (Lipinski definition) is 1. The topological polar surface area (TPSA) is 59.9 Å². The van der Waals surface area contributed by atoms with Gasteiger partial charge in [-0.05, 0) is 26.0 Å². The van der Waals surface area contributed by atoms with E-state index in [2.05, 4.69) is 10.5 Å². The first-order valence-electron chi connectivity index (χ1n) is 7.53. The van der Waals surface area contributed by atoms with E-state index in [0.29, 0.717) is 5.56 Å². The van der Waals surface area contributed by atoms with E-state index in [4.69, 9.17) is 9.05 Å². The number of hydrazone groups is 1. The van der Waals surface area contributed by atoms with Gasteiger partial charge < -0.3 is 9.05 Å². The summed E-state index contributed by atoms with van der Waals surface area (Å²) in [6.45, 7) is 4.10. The van der Waals surface area contributed by atoms with Gasteiger partial charge in [-0.15, -0.1) is 0 Å². The highest BCUT2D eigenvalue weighted by Gasteiger charge is 2.33. The van der Waals surface area contributed by atoms with Crippen molar-refractivity contribution in [2.24, 2.45) is 5.10 Å². The minimum absolute atomic E-state index is 0.269. The molecule has 122 valence electrons. The van der Waals surface area contributed by atoms with Crippen LogP contribution in [0.5, 0.6) is 0 Å². The smallest absolute Gasteiger partial charge is 0.304 e. The molecule has 0 aliphatic carbocycles. The normalized spacial score (nSPS) is 12.2. The molecule has 0 amide bonds. The van der Waals surface area contributed by atoms with Crippen LogP contribution in [0, 0.1) is 0 Å². The third-order valence-corrected chi connectivity index (χ3v) is 5.03. The molecular weight excluding hydrogens is 311 g/mol. The van der Waals surface area contributed by atoms with Gasteiger partial charge in [-0.25, -0.2) is 0 Å². The van der Waals surface area contributed by atoms with Crippen molar-refractivity contribution in [3.05, 3.63) is 66.2 Å². The molecule has 0 heterocycles. The standard InChI is InChI=1S/C17H21N2O3P/c1-3-21-23(20,22-4-2)17(15-11-7-5-8-12-15)19-18-16-13-9-6-10-14-16/h5-14,18H,3-4H2,1-2H3/b19-17-. The summed E-state index contributed by atoms with van der Waals surface area (Å²) in [5.74, 6) is 0. The van der Waals surface area contributed by atoms with Crippen LogP contribution in [0.25, 0.3) is 0 Å². The van der Waals surface area contributed by atoms with Crippen molar-refractivity contribution >= 4 is 18.7 Å². The molecule has 0 spiro atoms. The summed E-state index contributed by atoms with van der Waals surface area (Å²) in [4.78, 5) is 0. The second-order valence-electron chi connectivity index (χ2n) is 4.61. The first-order valence-corrected chi connectivity index (χ1v) is 9.07. The minimum Gasteiger partial charge on any atom is -0.304 e. The van der Waals surface area contributed by atoms with Crippen LogP contribution in [0.2, 0.25) is 0 Å². The van der Waals surface area contributed by atoms with Gasteiger partial charge in [0.05, 0.1) is 18.9 Å². The largest absolute Gasteiger partial charge is 0.381 e. The highest BCUT2D eigenvalue weighted by atomic mass is 31.2. The number of hydrogen-bond acceptors (Lipinski definition) is 5. The molecule has 2 aromatic rings. The quantitative estimate of drug-likeness (QED) is 0.431. The van der Waals surface area contributed by atoms with Crippen molar-refractivity contribution in [3.8, 4) is 0 Å². The number of rotatable bonds is 8. The summed E-state index contributed by atoms with van der Waals surface area (Å²) < 4.78 is 24.0. The summed E-state index contributed by atoms with van der Waals surface area (Å²) in [5, 5.41) is 4.33. The highest BCUT2D eigenvalue weighted by Crippen LogP contribution is 2.51. The summed E-state index contributed by atoms with van der Waals surface area (Å²) in [6.07, 6.45) is 0. The van der Waals surface area contributed by atoms with Gasteiger partial charge in [-0.2, -0.15) is 5.10 Å². The fourth-order valence-electron chi connectivity index (χ4n) is 2.00. The number of nitrogens with one attached hydrogen (secondary N) is 1. The van der Waals surface area contributed by atoms with E-state index in [0.717, 1.165) is 5.69 Å². The van der Waals surface area contributed by atoms with Crippen molar-refractivity contribution in [2.75, 3.05) is 18.6 Å². The number of para-hydroxylation sites is 1. The van der Waals surface area contributed by atoms with Crippen LogP contribution in [0.1, 0.15) is 19.4 Å². The highest BCUT2D eigenvalue weighted by molar-refractivity contribution is 7.73. The van der Waals surface area contributed by atoms with E-state index in [1.165, 1.54) is 0 Å². The van der Waals surface area contributed by atoms with Crippen LogP contribution in [-0.4, -0.2) is 18.7 Å². The predicted octanol–water partition coefficient (Wildman–Crippen LogP) is 4.73. The average Bonchev–Trinajstić information content (AvgIpc) is 2.57. The number of anilines is 1. The van der Waals surface area contributed by atoms with Gasteiger partial charge in [0.15, 0.2) is 5.45 Å². The Morgan fingerprint density at radius 2 is 1.48 bits per heavy atom. The van der Waals surface area contributed by atoms with Crippen LogP contribution < -0.4 is 5.43 Å². The molecule has 1 N–H and O–H groups in total. The molecule has 23 heavy (non-hydrogen) atoms. The fraction of sp³-hybridized carbons (Fsp3) is 0.235. The summed E-state index contributed by atoms with van der Waals surface area (Å²) in [5.41, 5.74) is 4.68. The lowest BCUT2D eigenvalue weighted by Crippen LogP contribution is -2.11. The van der Waals surface area contributed by atoms with E-state index in [-0.39, 0.29) is 18.7 Å². The number of benzene rings is 2. The van der Waals surface area contributed by atoms with Gasteiger partial charge in [-0.1, -0.05) is 48.5 Å². The van der Waals surface area contributed by atoms with Crippen LogP contribution in [0.15, 0.2) is 65.8 Å². The Kier molecular flexibility index (Phi) is 6.53. The molecule has 0 aromatic heterocycles. The average molecular weight is 332 g/mol. The maximum atomic E-state index is 13.1. The molecule has 2 rings (SSSR count). The number of nitrogens with zero attached hydrogens (tertiary/aromatic N) is 1. The van der Waals surface area contributed by atoms with E-state index < -0.39 is 7.60 Å². The van der Waals surface area contributed by atoms with Crippen LogP contribution >= 0.6 is 7.60 Å². The summed E-state index contributed by atoms with van der Waals surface area (Å²) in [7, 11) is -3.50. The van der Waals surface area contributed by atoms with Gasteiger partial charge in [0.1, 0.15) is 0 Å². The Labute approximate surface area is 136 Å². The zero-order chi connectivity index (χ0) is 16.5. The molecule has 0 bridgehead atoms. The molecule has 5 nitrogen and oxygen atoms in total. The van der Waals surface area contributed by atoms with Crippen molar-refractivity contribution in [1.29, 1.82) is 0 Å². The Bertz CT molecular complexity index is 665. The van der Waals surface area contributed by atoms with Gasteiger partial charge in [0.25, 0.3) is 0 Å². The molecule has 0 unspecified atom stereocenters. The maximum absolute atomic E-state index is 13.1. The Morgan fingerprint density at radius 1 is 0.957 bits per heavy atom. The van der Waals surface area contributed by atoms with Crippen molar-refractivity contribution in [3.63, 3.8) is 0 Å². The lowest BCUT2D eigenvalue weighted by molar-refractivity contribution is 0.232. The molecule has 6 heteroatoms. The Hall–Kier alpha value is -1.94. The molecule has 0 fully saturated rings. The minimum atomic E-state index is -3.50. The third kappa shape index (κ3) is 4.76. The lowest BCUT2D eigenvalue weighted by Gasteiger charge is -2.19. The van der Waals surface area contributed by atoms with Gasteiger partial charge in [0, 0.05) is 5.56 Å². The van der Waals surface area contributed by atoms with Crippen molar-refractivity contribution < 1.29 is 13.6 Å². The second-order valence-corrected chi connectivity index (χ2v) is 6.55. The van der Waals surface area contributed by atoms with Gasteiger partial charge in [0.2, 0.25) is 0 Å². The monoisotopic (exact) mass is 332 g/mol. The van der Waals surface area contributed by atoms with E-state index in [1.54, 1.807) is 13.8 Å². The molecule has 0 saturated carbocycles. The first-order chi connectivity index (χ1) is 11.2. The molecule has 0 aliphatic rings. The molecule has 0 atom stereocenters. The van der Waals surface area contributed by atoms with E-state index >= 15 is 0 Å². The fourth-order valence-corrected chi connectivity index (χ4v) is 3.64. The molecule has 0 aliphatic heterocycles. The summed E-state index contributed by atoms with van der Waals surface area (Å²) in [6, 6.07) is 18.7. The molecule has 0 radical (unpaired) electrons. The molecule has 2 aromatic carbocycles. The van der Waals surface area contributed by atoms with Gasteiger partial charge in [-0.3, -0.25) is 9.99 Å². The third-order valence-electron chi connectivity index (χ3n) is 2.95. The van der Waals surface area contributed by atoms with Gasteiger partial charge >= 0.3 is 7.60 Å². The molecule has 0 saturated heterocycles. The summed E-state index contributed by atoms with van der Waals surface area (Å²) >= 11 is 0.